The second-order valence-electron chi connectivity index (χ2n) is 2.06. The second kappa shape index (κ2) is 3.40. The molecule has 8 heteroatoms. The number of carbonyl (C=O) groups excluding carboxylic acids is 1. The SMILES string of the molecule is COC(=O)c1nscc1S(N)(=O)=O. The van der Waals surface area contributed by atoms with E-state index in [-0.39, 0.29) is 10.6 Å². The van der Waals surface area contributed by atoms with Crippen LogP contribution in [0.3, 0.4) is 0 Å². The first kappa shape index (κ1) is 10.1. The predicted molar refractivity (Wildman–Crippen MR) is 44.8 cm³/mol. The molecular formula is C5H6N2O4S2. The number of rotatable bonds is 2. The molecule has 0 saturated carbocycles. The summed E-state index contributed by atoms with van der Waals surface area (Å²) < 4.78 is 29.6. The van der Waals surface area contributed by atoms with Crippen molar-refractivity contribution in [1.29, 1.82) is 0 Å². The van der Waals surface area contributed by atoms with Crippen LogP contribution in [-0.2, 0) is 14.8 Å². The lowest BCUT2D eigenvalue weighted by Gasteiger charge is -1.96. The van der Waals surface area contributed by atoms with Crippen LogP contribution in [0.5, 0.6) is 0 Å². The molecule has 0 aromatic carbocycles. The van der Waals surface area contributed by atoms with Gasteiger partial charge in [0.25, 0.3) is 0 Å². The van der Waals surface area contributed by atoms with Crippen molar-refractivity contribution in [3.8, 4) is 0 Å². The van der Waals surface area contributed by atoms with Gasteiger partial charge in [0.2, 0.25) is 10.0 Å². The van der Waals surface area contributed by atoms with Crippen LogP contribution in [0.25, 0.3) is 0 Å². The van der Waals surface area contributed by atoms with Crippen molar-refractivity contribution in [2.24, 2.45) is 5.14 Å². The third-order valence-corrected chi connectivity index (χ3v) is 2.92. The summed E-state index contributed by atoms with van der Waals surface area (Å²) in [5.41, 5.74) is -0.269. The van der Waals surface area contributed by atoms with Gasteiger partial charge in [0, 0.05) is 5.38 Å². The average molecular weight is 222 g/mol. The minimum atomic E-state index is -3.90. The normalized spacial score (nSPS) is 11.2. The fourth-order valence-corrected chi connectivity index (χ4v) is 2.32. The Morgan fingerprint density at radius 3 is 2.77 bits per heavy atom. The molecule has 13 heavy (non-hydrogen) atoms. The highest BCUT2D eigenvalue weighted by atomic mass is 32.2. The molecule has 0 aliphatic heterocycles. The van der Waals surface area contributed by atoms with E-state index in [2.05, 4.69) is 9.11 Å². The zero-order valence-electron chi connectivity index (χ0n) is 6.55. The number of sulfonamides is 1. The Bertz CT molecular complexity index is 421. The van der Waals surface area contributed by atoms with E-state index in [9.17, 15) is 13.2 Å². The van der Waals surface area contributed by atoms with Gasteiger partial charge >= 0.3 is 5.97 Å². The van der Waals surface area contributed by atoms with E-state index in [1.54, 1.807) is 0 Å². The van der Waals surface area contributed by atoms with Crippen molar-refractivity contribution >= 4 is 27.5 Å². The summed E-state index contributed by atoms with van der Waals surface area (Å²) in [5, 5.41) is 6.01. The zero-order valence-corrected chi connectivity index (χ0v) is 8.18. The minimum absolute atomic E-state index is 0.269. The predicted octanol–water partition coefficient (Wildman–Crippen LogP) is -0.423. The topological polar surface area (TPSA) is 99.3 Å². The Labute approximate surface area is 78.5 Å². The second-order valence-corrected chi connectivity index (χ2v) is 4.22. The zero-order chi connectivity index (χ0) is 10.1. The molecule has 1 rings (SSSR count). The minimum Gasteiger partial charge on any atom is -0.464 e. The lowest BCUT2D eigenvalue weighted by molar-refractivity contribution is 0.0591. The van der Waals surface area contributed by atoms with Gasteiger partial charge in [0.15, 0.2) is 5.69 Å². The highest BCUT2D eigenvalue weighted by Gasteiger charge is 2.22. The van der Waals surface area contributed by atoms with Crippen molar-refractivity contribution in [3.63, 3.8) is 0 Å². The smallest absolute Gasteiger partial charge is 0.359 e. The van der Waals surface area contributed by atoms with E-state index in [0.29, 0.717) is 0 Å². The van der Waals surface area contributed by atoms with Gasteiger partial charge in [-0.2, -0.15) is 4.37 Å². The molecule has 0 unspecified atom stereocenters. The largest absolute Gasteiger partial charge is 0.464 e. The third kappa shape index (κ3) is 2.02. The number of esters is 1. The van der Waals surface area contributed by atoms with Crippen LogP contribution in [0.15, 0.2) is 10.3 Å². The molecule has 1 aromatic heterocycles. The summed E-state index contributed by atoms with van der Waals surface area (Å²) in [6, 6.07) is 0. The molecule has 0 bridgehead atoms. The van der Waals surface area contributed by atoms with E-state index < -0.39 is 16.0 Å². The summed E-state index contributed by atoms with van der Waals surface area (Å²) in [5.74, 6) is -0.815. The van der Waals surface area contributed by atoms with E-state index in [0.717, 1.165) is 18.6 Å². The molecule has 0 atom stereocenters. The Morgan fingerprint density at radius 2 is 2.31 bits per heavy atom. The maximum absolute atomic E-state index is 10.9. The van der Waals surface area contributed by atoms with Gasteiger partial charge in [-0.15, -0.1) is 0 Å². The summed E-state index contributed by atoms with van der Waals surface area (Å²) >= 11 is 0.827. The van der Waals surface area contributed by atoms with Crippen LogP contribution in [0, 0.1) is 0 Å². The first-order chi connectivity index (χ1) is 5.96. The van der Waals surface area contributed by atoms with Crippen molar-refractivity contribution in [1.82, 2.24) is 4.37 Å². The molecule has 0 spiro atoms. The molecule has 6 nitrogen and oxygen atoms in total. The van der Waals surface area contributed by atoms with Crippen molar-refractivity contribution < 1.29 is 17.9 Å². The fourth-order valence-electron chi connectivity index (χ4n) is 0.664. The standard InChI is InChI=1S/C5H6N2O4S2/c1-11-5(8)4-3(2-12-7-4)13(6,9)10/h2H,1H3,(H2,6,9,10). The summed E-state index contributed by atoms with van der Waals surface area (Å²) in [4.78, 5) is 10.6. The van der Waals surface area contributed by atoms with Gasteiger partial charge in [-0.1, -0.05) is 0 Å². The molecule has 0 aliphatic rings. The summed E-state index contributed by atoms with van der Waals surface area (Å²) in [7, 11) is -2.76. The Morgan fingerprint density at radius 1 is 1.69 bits per heavy atom. The highest BCUT2D eigenvalue weighted by molar-refractivity contribution is 7.89. The van der Waals surface area contributed by atoms with Crippen LogP contribution < -0.4 is 5.14 Å². The highest BCUT2D eigenvalue weighted by Crippen LogP contribution is 2.15. The van der Waals surface area contributed by atoms with Gasteiger partial charge in [0.1, 0.15) is 4.90 Å². The molecule has 0 radical (unpaired) electrons. The van der Waals surface area contributed by atoms with Gasteiger partial charge in [-0.25, -0.2) is 18.4 Å². The number of aromatic nitrogens is 1. The molecule has 1 heterocycles. The van der Waals surface area contributed by atoms with Crippen LogP contribution in [0.2, 0.25) is 0 Å². The number of carbonyl (C=O) groups is 1. The number of primary sulfonamides is 1. The van der Waals surface area contributed by atoms with Gasteiger partial charge < -0.3 is 4.74 Å². The van der Waals surface area contributed by atoms with Gasteiger partial charge in [0.05, 0.1) is 7.11 Å². The monoisotopic (exact) mass is 222 g/mol. The van der Waals surface area contributed by atoms with E-state index >= 15 is 0 Å². The number of hydrogen-bond acceptors (Lipinski definition) is 6. The van der Waals surface area contributed by atoms with Crippen LogP contribution >= 0.6 is 11.5 Å². The fraction of sp³-hybridized carbons (Fsp3) is 0.200. The quantitative estimate of drug-likeness (QED) is 0.685. The number of nitrogens with two attached hydrogens (primary N) is 1. The number of ether oxygens (including phenoxy) is 1. The molecule has 2 N–H and O–H groups in total. The Kier molecular flexibility index (Phi) is 2.64. The summed E-state index contributed by atoms with van der Waals surface area (Å²) in [6.07, 6.45) is 0. The van der Waals surface area contributed by atoms with Crippen molar-refractivity contribution in [3.05, 3.63) is 11.1 Å². The van der Waals surface area contributed by atoms with Gasteiger partial charge in [-0.3, -0.25) is 0 Å². The third-order valence-electron chi connectivity index (χ3n) is 1.22. The van der Waals surface area contributed by atoms with Crippen molar-refractivity contribution in [2.75, 3.05) is 7.11 Å². The van der Waals surface area contributed by atoms with Crippen LogP contribution in [0.1, 0.15) is 10.5 Å². The molecule has 0 amide bonds. The number of methoxy groups -OCH3 is 1. The Balaban J connectivity index is 3.26. The Hall–Kier alpha value is -0.990. The molecule has 0 aliphatic carbocycles. The lowest BCUT2D eigenvalue weighted by atomic mass is 10.4. The van der Waals surface area contributed by atoms with Crippen LogP contribution in [-0.4, -0.2) is 25.9 Å². The van der Waals surface area contributed by atoms with E-state index in [1.165, 1.54) is 5.38 Å². The lowest BCUT2D eigenvalue weighted by Crippen LogP contribution is -2.16. The molecule has 72 valence electrons. The van der Waals surface area contributed by atoms with Crippen molar-refractivity contribution in [2.45, 2.75) is 4.90 Å². The van der Waals surface area contributed by atoms with Gasteiger partial charge in [-0.05, 0) is 11.5 Å². The van der Waals surface area contributed by atoms with E-state index in [1.807, 2.05) is 0 Å². The number of nitrogens with zero attached hydrogens (tertiary/aromatic N) is 1. The maximum atomic E-state index is 10.9. The van der Waals surface area contributed by atoms with E-state index in [4.69, 9.17) is 5.14 Å². The average Bonchev–Trinajstić information content (AvgIpc) is 2.49. The molecular weight excluding hydrogens is 216 g/mol. The summed E-state index contributed by atoms with van der Waals surface area (Å²) in [6.45, 7) is 0. The molecule has 1 aromatic rings. The molecule has 0 fully saturated rings. The molecule has 0 saturated heterocycles. The first-order valence-electron chi connectivity index (χ1n) is 3.02. The first-order valence-corrected chi connectivity index (χ1v) is 5.40. The van der Waals surface area contributed by atoms with Crippen LogP contribution in [0.4, 0.5) is 0 Å². The number of hydrogen-bond donors (Lipinski definition) is 1. The maximum Gasteiger partial charge on any atom is 0.359 e.